The average Bonchev–Trinajstić information content (AvgIpc) is 1.77. The molecule has 0 radical (unpaired) electrons. The van der Waals surface area contributed by atoms with Crippen molar-refractivity contribution in [1.82, 2.24) is 0 Å². The van der Waals surface area contributed by atoms with Crippen LogP contribution in [0.3, 0.4) is 0 Å². The van der Waals surface area contributed by atoms with Crippen molar-refractivity contribution in [3.63, 3.8) is 0 Å². The van der Waals surface area contributed by atoms with Crippen molar-refractivity contribution in [2.75, 3.05) is 0 Å². The summed E-state index contributed by atoms with van der Waals surface area (Å²) in [7, 11) is 0. The minimum atomic E-state index is -2.27. The minimum Gasteiger partial charge on any atom is -0.625 e. The van der Waals surface area contributed by atoms with Crippen LogP contribution in [0.25, 0.3) is 0 Å². The van der Waals surface area contributed by atoms with Gasteiger partial charge in [-0.3, -0.25) is 5.06 Å². The highest BCUT2D eigenvalue weighted by molar-refractivity contribution is 5.05. The molecule has 50 valence electrons. The summed E-state index contributed by atoms with van der Waals surface area (Å²) < 4.78 is 0. The molecule has 0 aromatic heterocycles. The predicted octanol–water partition coefficient (Wildman–Crippen LogP) is -1.91. The van der Waals surface area contributed by atoms with Gasteiger partial charge in [0.2, 0.25) is 0 Å². The summed E-state index contributed by atoms with van der Waals surface area (Å²) in [5.74, 6) is -2.27. The standard InChI is InChI=1S/C5H7NO3/c7-5(8)3-1-2-4-6(5)9/h1-4,6-8H. The molecule has 0 bridgehead atoms. The average molecular weight is 129 g/mol. The van der Waals surface area contributed by atoms with Gasteiger partial charge in [-0.15, -0.1) is 0 Å². The molecule has 0 fully saturated rings. The maximum absolute atomic E-state index is 10.5. The lowest BCUT2D eigenvalue weighted by Gasteiger charge is -2.29. The van der Waals surface area contributed by atoms with Crippen LogP contribution in [0.1, 0.15) is 0 Å². The van der Waals surface area contributed by atoms with E-state index in [-0.39, 0.29) is 0 Å². The first-order valence-corrected chi connectivity index (χ1v) is 2.48. The van der Waals surface area contributed by atoms with E-state index in [9.17, 15) is 5.21 Å². The molecule has 1 rings (SSSR count). The summed E-state index contributed by atoms with van der Waals surface area (Å²) in [6, 6.07) is 0. The summed E-state index contributed by atoms with van der Waals surface area (Å²) in [5, 5.41) is 27.2. The molecule has 0 aliphatic carbocycles. The lowest BCUT2D eigenvalue weighted by molar-refractivity contribution is -0.910. The second kappa shape index (κ2) is 1.93. The Bertz CT molecular complexity index is 162. The molecular formula is C5H7NO3. The molecule has 1 unspecified atom stereocenters. The van der Waals surface area contributed by atoms with E-state index in [1.807, 2.05) is 0 Å². The maximum Gasteiger partial charge on any atom is 0.338 e. The zero-order chi connectivity index (χ0) is 6.91. The van der Waals surface area contributed by atoms with E-state index in [1.54, 1.807) is 0 Å². The van der Waals surface area contributed by atoms with Gasteiger partial charge in [-0.2, -0.15) is 0 Å². The molecule has 1 aliphatic heterocycles. The molecule has 0 aromatic carbocycles. The number of hydrogen-bond donors (Lipinski definition) is 3. The van der Waals surface area contributed by atoms with Crippen molar-refractivity contribution in [3.05, 3.63) is 29.6 Å². The van der Waals surface area contributed by atoms with Crippen molar-refractivity contribution in [3.8, 4) is 0 Å². The van der Waals surface area contributed by atoms with E-state index < -0.39 is 11.0 Å². The van der Waals surface area contributed by atoms with Crippen molar-refractivity contribution in [1.29, 1.82) is 0 Å². The van der Waals surface area contributed by atoms with Crippen LogP contribution in [0.2, 0.25) is 0 Å². The van der Waals surface area contributed by atoms with E-state index in [4.69, 9.17) is 10.2 Å². The molecule has 1 heterocycles. The van der Waals surface area contributed by atoms with Crippen LogP contribution in [0, 0.1) is 5.21 Å². The Hall–Kier alpha value is -0.680. The van der Waals surface area contributed by atoms with Crippen molar-refractivity contribution in [2.24, 2.45) is 0 Å². The Balaban J connectivity index is 2.78. The molecule has 0 spiro atoms. The van der Waals surface area contributed by atoms with Gasteiger partial charge in [0.25, 0.3) is 0 Å². The highest BCUT2D eigenvalue weighted by Crippen LogP contribution is 1.94. The van der Waals surface area contributed by atoms with Gasteiger partial charge >= 0.3 is 5.91 Å². The molecule has 9 heavy (non-hydrogen) atoms. The third-order valence-electron chi connectivity index (χ3n) is 1.05. The number of rotatable bonds is 0. The Morgan fingerprint density at radius 3 is 2.33 bits per heavy atom. The van der Waals surface area contributed by atoms with Gasteiger partial charge in [0.1, 0.15) is 0 Å². The molecule has 0 amide bonds. The predicted molar refractivity (Wildman–Crippen MR) is 29.8 cm³/mol. The fourth-order valence-corrected chi connectivity index (χ4v) is 0.537. The van der Waals surface area contributed by atoms with Crippen LogP contribution >= 0.6 is 0 Å². The lowest BCUT2D eigenvalue weighted by Crippen LogP contribution is -3.12. The number of hydroxylamine groups is 2. The maximum atomic E-state index is 10.5. The molecule has 4 nitrogen and oxygen atoms in total. The Labute approximate surface area is 51.9 Å². The largest absolute Gasteiger partial charge is 0.625 e. The second-order valence-corrected chi connectivity index (χ2v) is 1.81. The molecule has 0 aromatic rings. The number of nitrogens with one attached hydrogen (secondary N) is 1. The Morgan fingerprint density at radius 2 is 2.00 bits per heavy atom. The quantitative estimate of drug-likeness (QED) is 0.264. The SMILES string of the molecule is [O-][NH+]1C=CC=CC1(O)O. The summed E-state index contributed by atoms with van der Waals surface area (Å²) in [6.45, 7) is 0. The van der Waals surface area contributed by atoms with E-state index in [1.165, 1.54) is 12.2 Å². The molecule has 3 N–H and O–H groups in total. The molecule has 1 atom stereocenters. The lowest BCUT2D eigenvalue weighted by atomic mass is 10.3. The third-order valence-corrected chi connectivity index (χ3v) is 1.05. The fraction of sp³-hybridized carbons (Fsp3) is 0.200. The van der Waals surface area contributed by atoms with Crippen LogP contribution in [0.15, 0.2) is 24.4 Å². The zero-order valence-electron chi connectivity index (χ0n) is 4.61. The molecular weight excluding hydrogens is 122 g/mol. The highest BCUT2D eigenvalue weighted by Gasteiger charge is 2.27. The first-order valence-electron chi connectivity index (χ1n) is 2.48. The van der Waals surface area contributed by atoms with Crippen molar-refractivity contribution >= 4 is 0 Å². The van der Waals surface area contributed by atoms with Crippen LogP contribution in [0.4, 0.5) is 0 Å². The highest BCUT2D eigenvalue weighted by atomic mass is 16.6. The molecule has 0 saturated carbocycles. The molecule has 1 aliphatic rings. The third kappa shape index (κ3) is 1.17. The topological polar surface area (TPSA) is 68.0 Å². The number of allylic oxidation sites excluding steroid dienone is 2. The summed E-state index contributed by atoms with van der Waals surface area (Å²) in [5.41, 5.74) is 0. The van der Waals surface area contributed by atoms with Gasteiger partial charge in [0.05, 0.1) is 6.20 Å². The first-order chi connectivity index (χ1) is 4.13. The summed E-state index contributed by atoms with van der Waals surface area (Å²) in [4.78, 5) is 0. The van der Waals surface area contributed by atoms with E-state index in [0.717, 1.165) is 12.3 Å². The molecule has 0 saturated heterocycles. The first kappa shape index (κ1) is 6.44. The van der Waals surface area contributed by atoms with E-state index in [2.05, 4.69) is 0 Å². The van der Waals surface area contributed by atoms with E-state index >= 15 is 0 Å². The van der Waals surface area contributed by atoms with Gasteiger partial charge in [0.15, 0.2) is 0 Å². The van der Waals surface area contributed by atoms with Crippen LogP contribution < -0.4 is 5.06 Å². The van der Waals surface area contributed by atoms with Gasteiger partial charge < -0.3 is 15.4 Å². The second-order valence-electron chi connectivity index (χ2n) is 1.81. The summed E-state index contributed by atoms with van der Waals surface area (Å²) >= 11 is 0. The number of hydrogen-bond acceptors (Lipinski definition) is 3. The number of quaternary nitrogens is 1. The minimum absolute atomic E-state index is 0.704. The van der Waals surface area contributed by atoms with Gasteiger partial charge in [-0.25, -0.2) is 0 Å². The molecule has 4 heteroatoms. The zero-order valence-corrected chi connectivity index (χ0v) is 4.61. The van der Waals surface area contributed by atoms with Crippen LogP contribution in [-0.4, -0.2) is 16.1 Å². The fourth-order valence-electron chi connectivity index (χ4n) is 0.537. The van der Waals surface area contributed by atoms with Crippen LogP contribution in [-0.2, 0) is 0 Å². The monoisotopic (exact) mass is 129 g/mol. The van der Waals surface area contributed by atoms with Crippen LogP contribution in [0.5, 0.6) is 0 Å². The van der Waals surface area contributed by atoms with Gasteiger partial charge in [-0.05, 0) is 12.2 Å². The Morgan fingerprint density at radius 1 is 1.33 bits per heavy atom. The van der Waals surface area contributed by atoms with E-state index in [0.29, 0.717) is 0 Å². The van der Waals surface area contributed by atoms with Crippen molar-refractivity contribution < 1.29 is 15.3 Å². The summed E-state index contributed by atoms with van der Waals surface area (Å²) in [6.07, 6.45) is 4.99. The number of aliphatic hydroxyl groups is 2. The normalized spacial score (nSPS) is 30.8. The smallest absolute Gasteiger partial charge is 0.338 e. The van der Waals surface area contributed by atoms with Gasteiger partial charge in [0, 0.05) is 6.08 Å². The van der Waals surface area contributed by atoms with Gasteiger partial charge in [-0.1, -0.05) is 0 Å². The Kier molecular flexibility index (Phi) is 1.38. The van der Waals surface area contributed by atoms with Crippen molar-refractivity contribution in [2.45, 2.75) is 5.91 Å².